The Hall–Kier alpha value is -1.93. The topological polar surface area (TPSA) is 20.2 Å². The molecule has 96 valence electrons. The Morgan fingerprint density at radius 2 is 1.58 bits per heavy atom. The van der Waals surface area contributed by atoms with Crippen LogP contribution in [0.2, 0.25) is 0 Å². The predicted octanol–water partition coefficient (Wildman–Crippen LogP) is 4.86. The van der Waals surface area contributed by atoms with Crippen molar-refractivity contribution in [2.45, 2.75) is 6.92 Å². The van der Waals surface area contributed by atoms with E-state index in [1.807, 2.05) is 61.5 Å². The van der Waals surface area contributed by atoms with Crippen LogP contribution in [-0.2, 0) is 0 Å². The zero-order valence-electron chi connectivity index (χ0n) is 10.8. The minimum Gasteiger partial charge on any atom is -0.506 e. The van der Waals surface area contributed by atoms with E-state index in [1.165, 1.54) is 0 Å². The summed E-state index contributed by atoms with van der Waals surface area (Å²) >= 11 is 4.44. The smallest absolute Gasteiger partial charge is 0.136 e. The van der Waals surface area contributed by atoms with Gasteiger partial charge in [0.25, 0.3) is 0 Å². The Kier molecular flexibility index (Phi) is 4.13. The van der Waals surface area contributed by atoms with Gasteiger partial charge < -0.3 is 5.11 Å². The predicted molar refractivity (Wildman–Crippen MR) is 85.2 cm³/mol. The molecule has 0 fully saturated rings. The van der Waals surface area contributed by atoms with E-state index in [4.69, 9.17) is 0 Å². The maximum Gasteiger partial charge on any atom is 0.136 e. The third kappa shape index (κ3) is 2.91. The monoisotopic (exact) mass is 268 g/mol. The molecule has 2 rings (SSSR count). The van der Waals surface area contributed by atoms with Gasteiger partial charge in [0.05, 0.1) is 4.91 Å². The molecule has 0 aliphatic heterocycles. The maximum atomic E-state index is 10.3. The van der Waals surface area contributed by atoms with Crippen molar-refractivity contribution in [1.82, 2.24) is 0 Å². The van der Waals surface area contributed by atoms with Crippen LogP contribution in [0.1, 0.15) is 16.7 Å². The largest absolute Gasteiger partial charge is 0.506 e. The summed E-state index contributed by atoms with van der Waals surface area (Å²) in [6, 6.07) is 17.4. The lowest BCUT2D eigenvalue weighted by Gasteiger charge is -2.11. The molecule has 0 heterocycles. The molecule has 0 aromatic heterocycles. The summed E-state index contributed by atoms with van der Waals surface area (Å²) in [7, 11) is 0. The second-order valence-electron chi connectivity index (χ2n) is 4.36. The van der Waals surface area contributed by atoms with Crippen LogP contribution in [0.5, 0.6) is 0 Å². The first-order chi connectivity index (χ1) is 9.11. The molecule has 0 amide bonds. The lowest BCUT2D eigenvalue weighted by atomic mass is 10.0. The van der Waals surface area contributed by atoms with E-state index >= 15 is 0 Å². The van der Waals surface area contributed by atoms with E-state index in [9.17, 15) is 5.11 Å². The molecule has 0 unspecified atom stereocenters. The van der Waals surface area contributed by atoms with Gasteiger partial charge in [-0.1, -0.05) is 61.2 Å². The zero-order valence-corrected chi connectivity index (χ0v) is 11.7. The minimum atomic E-state index is 0.115. The molecule has 19 heavy (non-hydrogen) atoms. The van der Waals surface area contributed by atoms with E-state index in [0.717, 1.165) is 16.7 Å². The minimum absolute atomic E-state index is 0.115. The van der Waals surface area contributed by atoms with E-state index in [1.54, 1.807) is 0 Å². The van der Waals surface area contributed by atoms with Crippen molar-refractivity contribution in [1.29, 1.82) is 0 Å². The second-order valence-corrected chi connectivity index (χ2v) is 4.80. The zero-order chi connectivity index (χ0) is 13.8. The number of benzene rings is 2. The van der Waals surface area contributed by atoms with Crippen LogP contribution >= 0.6 is 12.6 Å². The lowest BCUT2D eigenvalue weighted by molar-refractivity contribution is 0.442. The number of allylic oxidation sites excluding steroid dienone is 1. The molecular formula is C17H16OS. The highest BCUT2D eigenvalue weighted by molar-refractivity contribution is 7.90. The lowest BCUT2D eigenvalue weighted by Crippen LogP contribution is -1.92. The quantitative estimate of drug-likeness (QED) is 0.462. The highest BCUT2D eigenvalue weighted by Gasteiger charge is 2.11. The molecule has 1 nitrogen and oxygen atoms in total. The molecule has 0 aliphatic carbocycles. The van der Waals surface area contributed by atoms with Crippen LogP contribution in [0.25, 0.3) is 10.5 Å². The molecule has 2 heteroatoms. The first kappa shape index (κ1) is 13.5. The molecule has 0 atom stereocenters. The Labute approximate surface area is 119 Å². The normalized spacial score (nSPS) is 11.9. The van der Waals surface area contributed by atoms with Crippen molar-refractivity contribution in [3.8, 4) is 0 Å². The first-order valence-electron chi connectivity index (χ1n) is 6.04. The third-order valence-corrected chi connectivity index (χ3v) is 3.49. The molecule has 2 aromatic carbocycles. The van der Waals surface area contributed by atoms with E-state index in [-0.39, 0.29) is 5.76 Å². The van der Waals surface area contributed by atoms with E-state index in [0.29, 0.717) is 10.5 Å². The van der Waals surface area contributed by atoms with Crippen molar-refractivity contribution in [2.24, 2.45) is 0 Å². The summed E-state index contributed by atoms with van der Waals surface area (Å²) < 4.78 is 0. The van der Waals surface area contributed by atoms with Crippen molar-refractivity contribution in [3.05, 3.63) is 83.6 Å². The molecule has 2 aromatic rings. The summed E-state index contributed by atoms with van der Waals surface area (Å²) in [5.74, 6) is 0.115. The van der Waals surface area contributed by atoms with Gasteiger partial charge in [0, 0.05) is 5.57 Å². The second kappa shape index (κ2) is 5.81. The number of aliphatic hydroxyl groups is 1. The number of aliphatic hydroxyl groups excluding tert-OH is 1. The number of rotatable bonds is 3. The average molecular weight is 268 g/mol. The van der Waals surface area contributed by atoms with E-state index in [2.05, 4.69) is 19.2 Å². The molecular weight excluding hydrogens is 252 g/mol. The van der Waals surface area contributed by atoms with Gasteiger partial charge in [-0.05, 0) is 23.6 Å². The number of hydrogen-bond donors (Lipinski definition) is 2. The van der Waals surface area contributed by atoms with Crippen LogP contribution in [0.4, 0.5) is 0 Å². The van der Waals surface area contributed by atoms with Crippen LogP contribution in [0.15, 0.2) is 66.9 Å². The van der Waals surface area contributed by atoms with Crippen molar-refractivity contribution < 1.29 is 5.11 Å². The average Bonchev–Trinajstić information content (AvgIpc) is 2.46. The Balaban J connectivity index is 2.42. The SMILES string of the molecule is C=C(/C(O)=C(\S)c1ccccc1C)c1ccccc1. The molecule has 0 spiro atoms. The van der Waals surface area contributed by atoms with Gasteiger partial charge >= 0.3 is 0 Å². The Morgan fingerprint density at radius 1 is 1.00 bits per heavy atom. The maximum absolute atomic E-state index is 10.3. The standard InChI is InChI=1S/C17H16OS/c1-12-8-6-7-11-15(12)17(19)16(18)13(2)14-9-4-3-5-10-14/h3-11,18-19H,2H2,1H3/b17-16+. The molecule has 0 saturated carbocycles. The highest BCUT2D eigenvalue weighted by Crippen LogP contribution is 2.30. The summed E-state index contributed by atoms with van der Waals surface area (Å²) in [6.45, 7) is 5.93. The Bertz CT molecular complexity index is 627. The van der Waals surface area contributed by atoms with E-state index < -0.39 is 0 Å². The fourth-order valence-corrected chi connectivity index (χ4v) is 2.27. The molecule has 0 bridgehead atoms. The summed E-state index contributed by atoms with van der Waals surface area (Å²) in [4.78, 5) is 0.548. The number of aryl methyl sites for hydroxylation is 1. The van der Waals surface area contributed by atoms with Gasteiger partial charge in [0.2, 0.25) is 0 Å². The van der Waals surface area contributed by atoms with Gasteiger partial charge in [-0.3, -0.25) is 0 Å². The molecule has 0 aliphatic rings. The fraction of sp³-hybridized carbons (Fsp3) is 0.0588. The Morgan fingerprint density at radius 3 is 2.21 bits per heavy atom. The summed E-state index contributed by atoms with van der Waals surface area (Å²) in [5, 5.41) is 10.3. The van der Waals surface area contributed by atoms with Gasteiger partial charge in [-0.15, -0.1) is 12.6 Å². The molecule has 0 saturated heterocycles. The molecule has 0 radical (unpaired) electrons. The van der Waals surface area contributed by atoms with Gasteiger partial charge in [-0.2, -0.15) is 0 Å². The van der Waals surface area contributed by atoms with Gasteiger partial charge in [0.1, 0.15) is 5.76 Å². The first-order valence-corrected chi connectivity index (χ1v) is 6.49. The van der Waals surface area contributed by atoms with Crippen LogP contribution in [-0.4, -0.2) is 5.11 Å². The number of thiol groups is 1. The third-order valence-electron chi connectivity index (χ3n) is 3.03. The summed E-state index contributed by atoms with van der Waals surface area (Å²) in [6.07, 6.45) is 0. The van der Waals surface area contributed by atoms with Crippen LogP contribution < -0.4 is 0 Å². The van der Waals surface area contributed by atoms with Crippen LogP contribution in [0, 0.1) is 6.92 Å². The van der Waals surface area contributed by atoms with Gasteiger partial charge in [0.15, 0.2) is 0 Å². The van der Waals surface area contributed by atoms with Crippen molar-refractivity contribution in [2.75, 3.05) is 0 Å². The fourth-order valence-electron chi connectivity index (χ4n) is 1.89. The van der Waals surface area contributed by atoms with Crippen LogP contribution in [0.3, 0.4) is 0 Å². The highest BCUT2D eigenvalue weighted by atomic mass is 32.1. The molecule has 1 N–H and O–H groups in total. The van der Waals surface area contributed by atoms with Gasteiger partial charge in [-0.25, -0.2) is 0 Å². The summed E-state index contributed by atoms with van der Waals surface area (Å²) in [5.41, 5.74) is 3.45. The van der Waals surface area contributed by atoms with Crippen molar-refractivity contribution >= 4 is 23.1 Å². The number of hydrogen-bond acceptors (Lipinski definition) is 2. The van der Waals surface area contributed by atoms with Crippen molar-refractivity contribution in [3.63, 3.8) is 0 Å².